The van der Waals surface area contributed by atoms with Crippen LogP contribution in [0.1, 0.15) is 16.8 Å². The Hall–Kier alpha value is -2.08. The molecule has 0 unspecified atom stereocenters. The first-order valence-electron chi connectivity index (χ1n) is 5.98. The summed E-state index contributed by atoms with van der Waals surface area (Å²) in [5, 5.41) is 8.54. The monoisotopic (exact) mass is 291 g/mol. The summed E-state index contributed by atoms with van der Waals surface area (Å²) >= 11 is 1.12. The molecule has 0 aliphatic carbocycles. The van der Waals surface area contributed by atoms with Crippen molar-refractivity contribution in [2.45, 2.75) is 16.6 Å². The maximum atomic E-state index is 12.1. The quantitative estimate of drug-likeness (QED) is 0.661. The van der Waals surface area contributed by atoms with Crippen LogP contribution >= 0.6 is 11.8 Å². The van der Waals surface area contributed by atoms with Crippen LogP contribution in [0, 0.1) is 0 Å². The highest BCUT2D eigenvalue weighted by molar-refractivity contribution is 8.00. The standard InChI is InChI=1S/C14H13NO4S/c1-2-7-15-12(16)8-11(13(15)17)20-10-6-4-3-5-9(10)14(18)19/h2-6,11H,1,7-8H2,(H,18,19)/t11-/m1/s1. The van der Waals surface area contributed by atoms with Gasteiger partial charge in [-0.2, -0.15) is 0 Å². The summed E-state index contributed by atoms with van der Waals surface area (Å²) in [5.74, 6) is -1.59. The summed E-state index contributed by atoms with van der Waals surface area (Å²) in [6, 6.07) is 6.45. The van der Waals surface area contributed by atoms with Crippen molar-refractivity contribution >= 4 is 29.5 Å². The summed E-state index contributed by atoms with van der Waals surface area (Å²) in [7, 11) is 0. The molecule has 1 saturated heterocycles. The molecule has 1 aliphatic rings. The largest absolute Gasteiger partial charge is 0.478 e. The van der Waals surface area contributed by atoms with Gasteiger partial charge in [-0.3, -0.25) is 14.5 Å². The van der Waals surface area contributed by atoms with Gasteiger partial charge in [-0.25, -0.2) is 4.79 Å². The van der Waals surface area contributed by atoms with E-state index < -0.39 is 11.2 Å². The van der Waals surface area contributed by atoms with Crippen LogP contribution in [0.2, 0.25) is 0 Å². The molecule has 20 heavy (non-hydrogen) atoms. The van der Waals surface area contributed by atoms with Gasteiger partial charge in [0.2, 0.25) is 11.8 Å². The van der Waals surface area contributed by atoms with E-state index in [0.29, 0.717) is 4.90 Å². The molecular weight excluding hydrogens is 278 g/mol. The van der Waals surface area contributed by atoms with Gasteiger partial charge in [0.25, 0.3) is 0 Å². The van der Waals surface area contributed by atoms with Gasteiger partial charge in [-0.15, -0.1) is 18.3 Å². The van der Waals surface area contributed by atoms with Crippen LogP contribution in [0.4, 0.5) is 0 Å². The molecule has 104 valence electrons. The molecule has 1 fully saturated rings. The molecule has 0 spiro atoms. The highest BCUT2D eigenvalue weighted by Gasteiger charge is 2.38. The van der Waals surface area contributed by atoms with Crippen molar-refractivity contribution in [1.82, 2.24) is 4.90 Å². The zero-order valence-corrected chi connectivity index (χ0v) is 11.4. The Kier molecular flexibility index (Phi) is 4.24. The number of thioether (sulfide) groups is 1. The summed E-state index contributed by atoms with van der Waals surface area (Å²) < 4.78 is 0. The number of carboxylic acid groups (broad SMARTS) is 1. The Bertz CT molecular complexity index is 584. The van der Waals surface area contributed by atoms with Crippen molar-refractivity contribution in [1.29, 1.82) is 0 Å². The lowest BCUT2D eigenvalue weighted by molar-refractivity contribution is -0.137. The number of carbonyl (C=O) groups excluding carboxylic acids is 2. The molecule has 2 rings (SSSR count). The highest BCUT2D eigenvalue weighted by Crippen LogP contribution is 2.33. The normalized spacial score (nSPS) is 18.4. The second-order valence-electron chi connectivity index (χ2n) is 4.24. The number of aromatic carboxylic acids is 1. The minimum Gasteiger partial charge on any atom is -0.478 e. The van der Waals surface area contributed by atoms with Crippen molar-refractivity contribution in [2.75, 3.05) is 6.54 Å². The van der Waals surface area contributed by atoms with Crippen molar-refractivity contribution < 1.29 is 19.5 Å². The van der Waals surface area contributed by atoms with Gasteiger partial charge in [-0.05, 0) is 12.1 Å². The van der Waals surface area contributed by atoms with E-state index in [9.17, 15) is 14.4 Å². The van der Waals surface area contributed by atoms with Crippen LogP contribution in [0.5, 0.6) is 0 Å². The van der Waals surface area contributed by atoms with Crippen LogP contribution in [-0.4, -0.2) is 39.6 Å². The van der Waals surface area contributed by atoms with E-state index in [2.05, 4.69) is 6.58 Å². The first-order valence-corrected chi connectivity index (χ1v) is 6.86. The number of hydrogen-bond donors (Lipinski definition) is 1. The van der Waals surface area contributed by atoms with E-state index in [1.807, 2.05) is 0 Å². The molecule has 1 aromatic carbocycles. The van der Waals surface area contributed by atoms with Gasteiger partial charge in [0.1, 0.15) is 0 Å². The third kappa shape index (κ3) is 2.75. The highest BCUT2D eigenvalue weighted by atomic mass is 32.2. The van der Waals surface area contributed by atoms with Crippen molar-refractivity contribution in [3.05, 3.63) is 42.5 Å². The summed E-state index contributed by atoms with van der Waals surface area (Å²) in [5.41, 5.74) is 0.139. The molecule has 6 heteroatoms. The van der Waals surface area contributed by atoms with Crippen molar-refractivity contribution in [3.8, 4) is 0 Å². The topological polar surface area (TPSA) is 74.7 Å². The number of hydrogen-bond acceptors (Lipinski definition) is 4. The molecule has 0 aromatic heterocycles. The molecule has 1 N–H and O–H groups in total. The van der Waals surface area contributed by atoms with Gasteiger partial charge < -0.3 is 5.11 Å². The zero-order valence-electron chi connectivity index (χ0n) is 10.6. The molecule has 1 heterocycles. The molecule has 1 atom stereocenters. The minimum atomic E-state index is -1.05. The van der Waals surface area contributed by atoms with Crippen LogP contribution in [0.25, 0.3) is 0 Å². The first-order chi connectivity index (χ1) is 9.54. The molecule has 1 aromatic rings. The number of benzene rings is 1. The summed E-state index contributed by atoms with van der Waals surface area (Å²) in [6.45, 7) is 3.70. The van der Waals surface area contributed by atoms with Crippen LogP contribution in [0.15, 0.2) is 41.8 Å². The molecule has 1 aliphatic heterocycles. The maximum absolute atomic E-state index is 12.1. The maximum Gasteiger partial charge on any atom is 0.336 e. The predicted molar refractivity (Wildman–Crippen MR) is 74.6 cm³/mol. The van der Waals surface area contributed by atoms with E-state index in [0.717, 1.165) is 16.7 Å². The van der Waals surface area contributed by atoms with Gasteiger partial charge in [0.05, 0.1) is 10.8 Å². The van der Waals surface area contributed by atoms with E-state index >= 15 is 0 Å². The van der Waals surface area contributed by atoms with Gasteiger partial charge in [0, 0.05) is 17.9 Å². The fourth-order valence-corrected chi connectivity index (χ4v) is 3.17. The number of imide groups is 1. The Labute approximate surface area is 120 Å². The van der Waals surface area contributed by atoms with Crippen molar-refractivity contribution in [3.63, 3.8) is 0 Å². The van der Waals surface area contributed by atoms with Crippen molar-refractivity contribution in [2.24, 2.45) is 0 Å². The van der Waals surface area contributed by atoms with E-state index in [1.54, 1.807) is 18.2 Å². The number of likely N-dealkylation sites (tertiary alicyclic amines) is 1. The number of carbonyl (C=O) groups is 3. The number of rotatable bonds is 5. The molecule has 0 bridgehead atoms. The zero-order chi connectivity index (χ0) is 14.7. The average Bonchev–Trinajstić information content (AvgIpc) is 2.67. The van der Waals surface area contributed by atoms with E-state index in [1.165, 1.54) is 12.1 Å². The molecule has 5 nitrogen and oxygen atoms in total. The third-order valence-corrected chi connectivity index (χ3v) is 4.16. The van der Waals surface area contributed by atoms with Crippen LogP contribution in [0.3, 0.4) is 0 Å². The second kappa shape index (κ2) is 5.92. The number of nitrogens with zero attached hydrogens (tertiary/aromatic N) is 1. The molecule has 0 radical (unpaired) electrons. The predicted octanol–water partition coefficient (Wildman–Crippen LogP) is 1.79. The van der Waals surface area contributed by atoms with Gasteiger partial charge in [0.15, 0.2) is 0 Å². The Morgan fingerprint density at radius 2 is 2.15 bits per heavy atom. The molecule has 2 amide bonds. The first kappa shape index (κ1) is 14.3. The fourth-order valence-electron chi connectivity index (χ4n) is 1.97. The number of amides is 2. The smallest absolute Gasteiger partial charge is 0.336 e. The lowest BCUT2D eigenvalue weighted by Crippen LogP contribution is -2.31. The van der Waals surface area contributed by atoms with Gasteiger partial charge >= 0.3 is 5.97 Å². The minimum absolute atomic E-state index is 0.0886. The Balaban J connectivity index is 2.19. The van der Waals surface area contributed by atoms with E-state index in [-0.39, 0.29) is 30.3 Å². The molecular formula is C14H13NO4S. The summed E-state index contributed by atoms with van der Waals surface area (Å²) in [6.07, 6.45) is 1.58. The lowest BCUT2D eigenvalue weighted by Gasteiger charge is -2.12. The van der Waals surface area contributed by atoms with E-state index in [4.69, 9.17) is 5.11 Å². The lowest BCUT2D eigenvalue weighted by atomic mass is 10.2. The molecule has 0 saturated carbocycles. The van der Waals surface area contributed by atoms with Crippen LogP contribution < -0.4 is 0 Å². The second-order valence-corrected chi connectivity index (χ2v) is 5.49. The SMILES string of the molecule is C=CCN1C(=O)C[C@@H](Sc2ccccc2C(=O)O)C1=O. The average molecular weight is 291 g/mol. The third-order valence-electron chi connectivity index (χ3n) is 2.90. The van der Waals surface area contributed by atoms with Crippen LogP contribution in [-0.2, 0) is 9.59 Å². The summed E-state index contributed by atoms with van der Waals surface area (Å²) in [4.78, 5) is 36.6. The Morgan fingerprint density at radius 1 is 1.45 bits per heavy atom. The Morgan fingerprint density at radius 3 is 2.80 bits per heavy atom. The fraction of sp³-hybridized carbons (Fsp3) is 0.214. The van der Waals surface area contributed by atoms with Gasteiger partial charge in [-0.1, -0.05) is 18.2 Å². The number of carboxylic acids is 1.